The zero-order valence-electron chi connectivity index (χ0n) is 7.84. The lowest BCUT2D eigenvalue weighted by Gasteiger charge is -2.30. The van der Waals surface area contributed by atoms with Crippen molar-refractivity contribution in [2.45, 2.75) is 18.3 Å². The second-order valence-corrected chi connectivity index (χ2v) is 4.66. The average molecular weight is 245 g/mol. The van der Waals surface area contributed by atoms with Gasteiger partial charge in [-0.2, -0.15) is 13.2 Å². The number of hydrogen-bond acceptors (Lipinski definition) is 4. The number of nitrogens with one attached hydrogen (secondary N) is 1. The summed E-state index contributed by atoms with van der Waals surface area (Å²) in [5.74, 6) is -1.48. The first-order chi connectivity index (χ1) is 6.84. The van der Waals surface area contributed by atoms with Crippen molar-refractivity contribution in [3.8, 4) is 0 Å². The standard InChI is InChI=1S/C7H10F3NO3S/c1-14-6(12)4-2-15(13)3-5(11-4)7(8,9)10/h4-5,11H,2-3H2,1H3. The predicted molar refractivity (Wildman–Crippen MR) is 46.7 cm³/mol. The molecule has 0 saturated carbocycles. The Labute approximate surface area is 86.6 Å². The first-order valence-corrected chi connectivity index (χ1v) is 5.59. The highest BCUT2D eigenvalue weighted by Gasteiger charge is 2.45. The van der Waals surface area contributed by atoms with Crippen LogP contribution in [0.4, 0.5) is 13.2 Å². The molecule has 1 saturated heterocycles. The first-order valence-electron chi connectivity index (χ1n) is 4.10. The van der Waals surface area contributed by atoms with Crippen LogP contribution in [-0.4, -0.2) is 47.1 Å². The summed E-state index contributed by atoms with van der Waals surface area (Å²) in [5, 5.41) is 2.08. The lowest BCUT2D eigenvalue weighted by molar-refractivity contribution is -0.158. The SMILES string of the molecule is COC(=O)C1CS(=O)CC(C(F)(F)F)N1. The van der Waals surface area contributed by atoms with E-state index in [1.54, 1.807) is 0 Å². The van der Waals surface area contributed by atoms with Gasteiger partial charge in [0.15, 0.2) is 0 Å². The number of methoxy groups -OCH3 is 1. The molecule has 4 nitrogen and oxygen atoms in total. The second-order valence-electron chi connectivity index (χ2n) is 3.11. The third-order valence-electron chi connectivity index (χ3n) is 1.99. The number of carbonyl (C=O) groups is 1. The summed E-state index contributed by atoms with van der Waals surface area (Å²) in [6, 6.07) is -3.05. The van der Waals surface area contributed by atoms with Crippen molar-refractivity contribution in [1.82, 2.24) is 5.32 Å². The molecule has 8 heteroatoms. The van der Waals surface area contributed by atoms with Gasteiger partial charge in [-0.1, -0.05) is 0 Å². The van der Waals surface area contributed by atoms with Crippen molar-refractivity contribution >= 4 is 16.8 Å². The molecule has 0 amide bonds. The molecular weight excluding hydrogens is 235 g/mol. The first kappa shape index (κ1) is 12.4. The molecule has 0 bridgehead atoms. The highest BCUT2D eigenvalue weighted by molar-refractivity contribution is 7.85. The number of alkyl halides is 3. The molecule has 1 N–H and O–H groups in total. The van der Waals surface area contributed by atoms with E-state index in [4.69, 9.17) is 0 Å². The van der Waals surface area contributed by atoms with Crippen molar-refractivity contribution in [3.05, 3.63) is 0 Å². The van der Waals surface area contributed by atoms with E-state index in [2.05, 4.69) is 10.1 Å². The Bertz CT molecular complexity index is 281. The summed E-state index contributed by atoms with van der Waals surface area (Å²) in [6.07, 6.45) is -4.50. The Balaban J connectivity index is 2.72. The Kier molecular flexibility index (Phi) is 3.72. The Morgan fingerprint density at radius 1 is 1.47 bits per heavy atom. The third-order valence-corrected chi connectivity index (χ3v) is 3.40. The zero-order valence-corrected chi connectivity index (χ0v) is 8.65. The number of esters is 1. The van der Waals surface area contributed by atoms with Crippen molar-refractivity contribution < 1.29 is 26.9 Å². The lowest BCUT2D eigenvalue weighted by Crippen LogP contribution is -2.59. The minimum Gasteiger partial charge on any atom is -0.468 e. The minimum absolute atomic E-state index is 0.140. The highest BCUT2D eigenvalue weighted by atomic mass is 32.2. The van der Waals surface area contributed by atoms with Gasteiger partial charge in [0.2, 0.25) is 0 Å². The molecule has 0 aromatic heterocycles. The molecule has 88 valence electrons. The summed E-state index contributed by atoms with van der Waals surface area (Å²) in [7, 11) is -0.579. The topological polar surface area (TPSA) is 55.4 Å². The van der Waals surface area contributed by atoms with E-state index >= 15 is 0 Å². The van der Waals surface area contributed by atoms with Gasteiger partial charge in [-0.05, 0) is 0 Å². The van der Waals surface area contributed by atoms with Crippen molar-refractivity contribution in [2.24, 2.45) is 0 Å². The maximum absolute atomic E-state index is 12.3. The molecule has 3 unspecified atom stereocenters. The van der Waals surface area contributed by atoms with Gasteiger partial charge in [-0.15, -0.1) is 0 Å². The van der Waals surface area contributed by atoms with Crippen LogP contribution < -0.4 is 5.32 Å². The van der Waals surface area contributed by atoms with Gasteiger partial charge in [0.25, 0.3) is 0 Å². The molecule has 0 aliphatic carbocycles. The number of rotatable bonds is 1. The molecule has 0 aromatic rings. The van der Waals surface area contributed by atoms with Gasteiger partial charge in [0, 0.05) is 22.3 Å². The van der Waals surface area contributed by atoms with E-state index in [1.807, 2.05) is 0 Å². The summed E-state index contributed by atoms with van der Waals surface area (Å²) in [6.45, 7) is 0. The summed E-state index contributed by atoms with van der Waals surface area (Å²) in [4.78, 5) is 11.0. The van der Waals surface area contributed by atoms with Gasteiger partial charge in [-0.25, -0.2) is 0 Å². The van der Waals surface area contributed by atoms with Crippen LogP contribution in [0.15, 0.2) is 0 Å². The van der Waals surface area contributed by atoms with Gasteiger partial charge >= 0.3 is 12.1 Å². The van der Waals surface area contributed by atoms with E-state index in [1.165, 1.54) is 0 Å². The number of hydrogen-bond donors (Lipinski definition) is 1. The van der Waals surface area contributed by atoms with Gasteiger partial charge in [0.1, 0.15) is 12.1 Å². The monoisotopic (exact) mass is 245 g/mol. The molecule has 0 radical (unpaired) electrons. The second kappa shape index (κ2) is 4.48. The predicted octanol–water partition coefficient (Wildman–Crippen LogP) is -0.189. The summed E-state index contributed by atoms with van der Waals surface area (Å²) >= 11 is 0. The largest absolute Gasteiger partial charge is 0.468 e. The van der Waals surface area contributed by atoms with E-state index in [9.17, 15) is 22.2 Å². The van der Waals surface area contributed by atoms with Crippen LogP contribution in [0.2, 0.25) is 0 Å². The molecule has 1 rings (SSSR count). The summed E-state index contributed by atoms with van der Waals surface area (Å²) < 4.78 is 52.3. The third kappa shape index (κ3) is 3.16. The normalized spacial score (nSPS) is 32.4. The molecule has 1 fully saturated rings. The van der Waals surface area contributed by atoms with E-state index in [0.717, 1.165) is 7.11 Å². The van der Waals surface area contributed by atoms with Crippen LogP contribution in [0.25, 0.3) is 0 Å². The molecule has 3 atom stereocenters. The van der Waals surface area contributed by atoms with E-state index in [0.29, 0.717) is 0 Å². The lowest BCUT2D eigenvalue weighted by atomic mass is 10.2. The molecule has 15 heavy (non-hydrogen) atoms. The minimum atomic E-state index is -4.50. The quantitative estimate of drug-likeness (QED) is 0.651. The fourth-order valence-electron chi connectivity index (χ4n) is 1.25. The molecule has 1 aliphatic heterocycles. The smallest absolute Gasteiger partial charge is 0.404 e. The number of carbonyl (C=O) groups excluding carboxylic acids is 1. The van der Waals surface area contributed by atoms with Crippen LogP contribution in [0.5, 0.6) is 0 Å². The van der Waals surface area contributed by atoms with Gasteiger partial charge in [0.05, 0.1) is 7.11 Å². The molecule has 0 spiro atoms. The Hall–Kier alpha value is -0.630. The molecule has 0 aromatic carbocycles. The fourth-order valence-corrected chi connectivity index (χ4v) is 2.64. The maximum Gasteiger partial charge on any atom is 0.404 e. The Morgan fingerprint density at radius 3 is 2.53 bits per heavy atom. The Morgan fingerprint density at radius 2 is 2.07 bits per heavy atom. The average Bonchev–Trinajstić information content (AvgIpc) is 2.14. The molecular formula is C7H10F3NO3S. The maximum atomic E-state index is 12.3. The number of halogens is 3. The van der Waals surface area contributed by atoms with Crippen LogP contribution in [-0.2, 0) is 20.3 Å². The summed E-state index contributed by atoms with van der Waals surface area (Å²) in [5.41, 5.74) is 0. The van der Waals surface area contributed by atoms with Crippen molar-refractivity contribution in [3.63, 3.8) is 0 Å². The van der Waals surface area contributed by atoms with E-state index < -0.39 is 40.8 Å². The zero-order chi connectivity index (χ0) is 11.6. The molecule has 1 heterocycles. The van der Waals surface area contributed by atoms with Gasteiger partial charge in [-0.3, -0.25) is 14.3 Å². The number of ether oxygens (including phenoxy) is 1. The van der Waals surface area contributed by atoms with Crippen LogP contribution in [0, 0.1) is 0 Å². The van der Waals surface area contributed by atoms with Crippen molar-refractivity contribution in [2.75, 3.05) is 18.6 Å². The molecule has 1 aliphatic rings. The van der Waals surface area contributed by atoms with Crippen LogP contribution in [0.1, 0.15) is 0 Å². The van der Waals surface area contributed by atoms with Crippen LogP contribution in [0.3, 0.4) is 0 Å². The fraction of sp³-hybridized carbons (Fsp3) is 0.857. The van der Waals surface area contributed by atoms with Crippen molar-refractivity contribution in [1.29, 1.82) is 0 Å². The highest BCUT2D eigenvalue weighted by Crippen LogP contribution is 2.23. The van der Waals surface area contributed by atoms with Crippen LogP contribution >= 0.6 is 0 Å². The van der Waals surface area contributed by atoms with Gasteiger partial charge < -0.3 is 4.74 Å². The van der Waals surface area contributed by atoms with E-state index in [-0.39, 0.29) is 5.75 Å².